The molecule has 0 aliphatic heterocycles. The summed E-state index contributed by atoms with van der Waals surface area (Å²) < 4.78 is 1.97. The van der Waals surface area contributed by atoms with Crippen molar-refractivity contribution in [3.05, 3.63) is 41.2 Å². The molecule has 0 amide bonds. The fourth-order valence-electron chi connectivity index (χ4n) is 1.54. The quantitative estimate of drug-likeness (QED) is 0.684. The van der Waals surface area contributed by atoms with Crippen molar-refractivity contribution >= 4 is 11.8 Å². The van der Waals surface area contributed by atoms with Crippen LogP contribution in [0.2, 0.25) is 0 Å². The Bertz CT molecular complexity index is 625. The molecule has 5 heteroatoms. The maximum atomic E-state index is 8.69. The molecular formula is C14H15N3OS. The Morgan fingerprint density at radius 1 is 1.37 bits per heavy atom. The molecule has 1 aromatic heterocycles. The Morgan fingerprint density at radius 2 is 2.21 bits per heavy atom. The fourth-order valence-corrected chi connectivity index (χ4v) is 2.44. The van der Waals surface area contributed by atoms with Crippen molar-refractivity contribution in [2.24, 2.45) is 7.05 Å². The van der Waals surface area contributed by atoms with Crippen LogP contribution in [0.25, 0.3) is 0 Å². The van der Waals surface area contributed by atoms with Crippen molar-refractivity contribution in [3.63, 3.8) is 0 Å². The first-order valence-electron chi connectivity index (χ1n) is 5.88. The molecule has 1 N–H and O–H groups in total. The lowest BCUT2D eigenvalue weighted by Crippen LogP contribution is -1.94. The second kappa shape index (κ2) is 6.41. The van der Waals surface area contributed by atoms with Crippen molar-refractivity contribution in [3.8, 4) is 11.8 Å². The lowest BCUT2D eigenvalue weighted by molar-refractivity contribution is 0.350. The predicted molar refractivity (Wildman–Crippen MR) is 75.7 cm³/mol. The van der Waals surface area contributed by atoms with E-state index in [-0.39, 0.29) is 6.61 Å². The summed E-state index contributed by atoms with van der Waals surface area (Å²) >= 11 is 1.65. The average Bonchev–Trinajstić information content (AvgIpc) is 2.75. The Kier molecular flexibility index (Phi) is 4.61. The number of hydrogen-bond acceptors (Lipinski definition) is 4. The van der Waals surface area contributed by atoms with E-state index in [1.54, 1.807) is 11.8 Å². The number of aromatic nitrogens is 3. The van der Waals surface area contributed by atoms with E-state index in [0.29, 0.717) is 0 Å². The summed E-state index contributed by atoms with van der Waals surface area (Å²) in [6.07, 6.45) is 0. The molecule has 0 aliphatic carbocycles. The maximum absolute atomic E-state index is 8.69. The topological polar surface area (TPSA) is 50.9 Å². The molecule has 1 heterocycles. The molecule has 0 aliphatic rings. The van der Waals surface area contributed by atoms with E-state index >= 15 is 0 Å². The summed E-state index contributed by atoms with van der Waals surface area (Å²) in [6, 6.07) is 7.99. The van der Waals surface area contributed by atoms with Gasteiger partial charge in [0, 0.05) is 18.4 Å². The number of benzene rings is 1. The van der Waals surface area contributed by atoms with Gasteiger partial charge in [-0.05, 0) is 24.6 Å². The molecule has 0 saturated heterocycles. The number of nitrogens with zero attached hydrogens (tertiary/aromatic N) is 3. The summed E-state index contributed by atoms with van der Waals surface area (Å²) in [5.41, 5.74) is 2.09. The van der Waals surface area contributed by atoms with Gasteiger partial charge in [-0.25, -0.2) is 0 Å². The van der Waals surface area contributed by atoms with Gasteiger partial charge >= 0.3 is 0 Å². The van der Waals surface area contributed by atoms with Crippen LogP contribution in [0, 0.1) is 18.8 Å². The van der Waals surface area contributed by atoms with Crippen LogP contribution in [-0.4, -0.2) is 26.5 Å². The fraction of sp³-hybridized carbons (Fsp3) is 0.286. The zero-order chi connectivity index (χ0) is 13.7. The first kappa shape index (κ1) is 13.7. The van der Waals surface area contributed by atoms with E-state index in [0.717, 1.165) is 22.3 Å². The summed E-state index contributed by atoms with van der Waals surface area (Å²) in [6.45, 7) is 1.82. The first-order chi connectivity index (χ1) is 9.20. The van der Waals surface area contributed by atoms with Crippen LogP contribution >= 0.6 is 11.8 Å². The van der Waals surface area contributed by atoms with Gasteiger partial charge in [-0.3, -0.25) is 0 Å². The van der Waals surface area contributed by atoms with Gasteiger partial charge < -0.3 is 9.67 Å². The largest absolute Gasteiger partial charge is 0.384 e. The van der Waals surface area contributed by atoms with Gasteiger partial charge in [0.1, 0.15) is 12.4 Å². The number of aliphatic hydroxyl groups excluding tert-OH is 1. The van der Waals surface area contributed by atoms with E-state index in [9.17, 15) is 0 Å². The van der Waals surface area contributed by atoms with Crippen LogP contribution in [-0.2, 0) is 12.8 Å². The maximum Gasteiger partial charge on any atom is 0.191 e. The van der Waals surface area contributed by atoms with Gasteiger partial charge in [-0.15, -0.1) is 10.2 Å². The zero-order valence-electron chi connectivity index (χ0n) is 10.9. The van der Waals surface area contributed by atoms with Gasteiger partial charge in [0.2, 0.25) is 0 Å². The van der Waals surface area contributed by atoms with Gasteiger partial charge in [0.15, 0.2) is 5.16 Å². The van der Waals surface area contributed by atoms with Crippen molar-refractivity contribution in [2.75, 3.05) is 6.61 Å². The second-order valence-corrected chi connectivity index (χ2v) is 4.98. The smallest absolute Gasteiger partial charge is 0.191 e. The van der Waals surface area contributed by atoms with E-state index in [1.165, 1.54) is 5.56 Å². The standard InChI is InChI=1S/C14H15N3OS/c1-11-15-16-14(17(11)2)19-10-13-6-3-5-12(9-13)7-4-8-18/h3,5-6,9,18H,8,10H2,1-2H3. The molecule has 0 bridgehead atoms. The first-order valence-corrected chi connectivity index (χ1v) is 6.86. The lowest BCUT2D eigenvalue weighted by Gasteiger charge is -2.02. The second-order valence-electron chi connectivity index (χ2n) is 4.04. The molecule has 0 unspecified atom stereocenters. The van der Waals surface area contributed by atoms with E-state index in [1.807, 2.05) is 36.7 Å². The number of aryl methyl sites for hydroxylation is 1. The average molecular weight is 273 g/mol. The molecule has 0 saturated carbocycles. The Labute approximate surface area is 116 Å². The van der Waals surface area contributed by atoms with Crippen molar-refractivity contribution in [1.82, 2.24) is 14.8 Å². The molecule has 0 spiro atoms. The van der Waals surface area contributed by atoms with Crippen LogP contribution in [0.3, 0.4) is 0 Å². The number of aliphatic hydroxyl groups is 1. The summed E-state index contributed by atoms with van der Waals surface area (Å²) in [5.74, 6) is 7.28. The normalized spacial score (nSPS) is 10.1. The van der Waals surface area contributed by atoms with Crippen LogP contribution in [0.1, 0.15) is 17.0 Å². The SMILES string of the molecule is Cc1nnc(SCc2cccc(C#CCO)c2)n1C. The van der Waals surface area contributed by atoms with Crippen molar-refractivity contribution < 1.29 is 5.11 Å². The van der Waals surface area contributed by atoms with Crippen molar-refractivity contribution in [1.29, 1.82) is 0 Å². The summed E-state index contributed by atoms with van der Waals surface area (Å²) in [5, 5.41) is 17.7. The molecule has 2 aromatic rings. The summed E-state index contributed by atoms with van der Waals surface area (Å²) in [7, 11) is 1.96. The molecular weight excluding hydrogens is 258 g/mol. The third kappa shape index (κ3) is 3.60. The van der Waals surface area contributed by atoms with Gasteiger partial charge in [-0.1, -0.05) is 35.7 Å². The third-order valence-electron chi connectivity index (χ3n) is 2.66. The Morgan fingerprint density at radius 3 is 2.89 bits per heavy atom. The highest BCUT2D eigenvalue weighted by Crippen LogP contribution is 2.21. The molecule has 19 heavy (non-hydrogen) atoms. The molecule has 2 rings (SSSR count). The van der Waals surface area contributed by atoms with E-state index in [4.69, 9.17) is 5.11 Å². The van der Waals surface area contributed by atoms with E-state index in [2.05, 4.69) is 28.1 Å². The molecule has 98 valence electrons. The minimum Gasteiger partial charge on any atom is -0.384 e. The minimum atomic E-state index is -0.114. The molecule has 0 fully saturated rings. The number of rotatable bonds is 3. The monoisotopic (exact) mass is 273 g/mol. The van der Waals surface area contributed by atoms with Gasteiger partial charge in [-0.2, -0.15) is 0 Å². The summed E-state index contributed by atoms with van der Waals surface area (Å²) in [4.78, 5) is 0. The minimum absolute atomic E-state index is 0.114. The highest BCUT2D eigenvalue weighted by atomic mass is 32.2. The molecule has 4 nitrogen and oxygen atoms in total. The van der Waals surface area contributed by atoms with Gasteiger partial charge in [0.25, 0.3) is 0 Å². The van der Waals surface area contributed by atoms with Crippen molar-refractivity contribution in [2.45, 2.75) is 17.8 Å². The van der Waals surface area contributed by atoms with E-state index < -0.39 is 0 Å². The van der Waals surface area contributed by atoms with Crippen LogP contribution in [0.15, 0.2) is 29.4 Å². The zero-order valence-corrected chi connectivity index (χ0v) is 11.7. The number of hydrogen-bond donors (Lipinski definition) is 1. The highest BCUT2D eigenvalue weighted by Gasteiger charge is 2.05. The third-order valence-corrected chi connectivity index (χ3v) is 3.75. The van der Waals surface area contributed by atoms with Crippen LogP contribution in [0.5, 0.6) is 0 Å². The molecule has 1 aromatic carbocycles. The highest BCUT2D eigenvalue weighted by molar-refractivity contribution is 7.98. The Hall–Kier alpha value is -1.77. The molecule has 0 radical (unpaired) electrons. The van der Waals surface area contributed by atoms with Crippen LogP contribution in [0.4, 0.5) is 0 Å². The lowest BCUT2D eigenvalue weighted by atomic mass is 10.1. The molecule has 0 atom stereocenters. The Balaban J connectivity index is 2.05. The number of thioether (sulfide) groups is 1. The van der Waals surface area contributed by atoms with Gasteiger partial charge in [0.05, 0.1) is 0 Å². The van der Waals surface area contributed by atoms with Crippen LogP contribution < -0.4 is 0 Å². The predicted octanol–water partition coefficient (Wildman–Crippen LogP) is 1.76.